The van der Waals surface area contributed by atoms with E-state index in [1.165, 1.54) is 11.1 Å². The van der Waals surface area contributed by atoms with Crippen LogP contribution in [0, 0.1) is 0 Å². The van der Waals surface area contributed by atoms with Gasteiger partial charge in [0, 0.05) is 6.04 Å². The minimum atomic E-state index is 0.278. The molecule has 0 saturated carbocycles. The van der Waals surface area contributed by atoms with Gasteiger partial charge in [0.2, 0.25) is 0 Å². The van der Waals surface area contributed by atoms with Crippen molar-refractivity contribution in [1.29, 1.82) is 0 Å². The molecule has 0 radical (unpaired) electrons. The zero-order chi connectivity index (χ0) is 8.15. The first-order valence-corrected chi connectivity index (χ1v) is 4.05. The van der Waals surface area contributed by atoms with Gasteiger partial charge in [-0.2, -0.15) is 0 Å². The van der Waals surface area contributed by atoms with Gasteiger partial charge in [0.25, 0.3) is 0 Å². The van der Waals surface area contributed by atoms with Crippen LogP contribution in [-0.4, -0.2) is 6.04 Å². The fourth-order valence-electron chi connectivity index (χ4n) is 0.902. The van der Waals surface area contributed by atoms with E-state index in [9.17, 15) is 0 Å². The molecule has 0 aliphatic rings. The Morgan fingerprint density at radius 3 is 2.10 bits per heavy atom. The van der Waals surface area contributed by atoms with E-state index in [0.29, 0.717) is 0 Å². The van der Waals surface area contributed by atoms with Gasteiger partial charge >= 0.3 is 0 Å². The maximum absolute atomic E-state index is 5.84. The number of rotatable bonds is 3. The van der Waals surface area contributed by atoms with Crippen LogP contribution in [0.15, 0.2) is 11.1 Å². The van der Waals surface area contributed by atoms with Crippen molar-refractivity contribution in [3.8, 4) is 0 Å². The van der Waals surface area contributed by atoms with E-state index < -0.39 is 0 Å². The lowest BCUT2D eigenvalue weighted by molar-refractivity contribution is 0.725. The zero-order valence-electron chi connectivity index (χ0n) is 7.57. The van der Waals surface area contributed by atoms with Crippen molar-refractivity contribution in [2.45, 2.75) is 46.6 Å². The molecular weight excluding hydrogens is 122 g/mol. The van der Waals surface area contributed by atoms with Crippen LogP contribution in [0.25, 0.3) is 0 Å². The molecule has 0 saturated heterocycles. The van der Waals surface area contributed by atoms with Crippen molar-refractivity contribution < 1.29 is 0 Å². The third-order valence-corrected chi connectivity index (χ3v) is 2.20. The van der Waals surface area contributed by atoms with E-state index in [1.807, 2.05) is 0 Å². The van der Waals surface area contributed by atoms with Crippen LogP contribution in [0.2, 0.25) is 0 Å². The SMILES string of the molecule is CC/C(C)=C(\C)C(N)CC. The average Bonchev–Trinajstić information content (AvgIpc) is 2.00. The fraction of sp³-hybridized carbons (Fsp3) is 0.778. The lowest BCUT2D eigenvalue weighted by Crippen LogP contribution is -2.20. The topological polar surface area (TPSA) is 26.0 Å². The summed E-state index contributed by atoms with van der Waals surface area (Å²) in [5.74, 6) is 0. The molecule has 60 valence electrons. The number of allylic oxidation sites excluding steroid dienone is 1. The zero-order valence-corrected chi connectivity index (χ0v) is 7.57. The maximum Gasteiger partial charge on any atom is 0.0250 e. The van der Waals surface area contributed by atoms with Gasteiger partial charge in [-0.3, -0.25) is 0 Å². The minimum absolute atomic E-state index is 0.278. The van der Waals surface area contributed by atoms with E-state index in [2.05, 4.69) is 27.7 Å². The standard InChI is InChI=1S/C9H19N/c1-5-7(3)8(4)9(10)6-2/h9H,5-6,10H2,1-4H3/b8-7+. The molecule has 0 aromatic rings. The van der Waals surface area contributed by atoms with Crippen LogP contribution in [0.1, 0.15) is 40.5 Å². The molecule has 0 aliphatic heterocycles. The molecule has 0 aromatic heterocycles. The van der Waals surface area contributed by atoms with Gasteiger partial charge in [-0.15, -0.1) is 0 Å². The number of hydrogen-bond acceptors (Lipinski definition) is 1. The lowest BCUT2D eigenvalue weighted by atomic mass is 10.0. The van der Waals surface area contributed by atoms with E-state index in [1.54, 1.807) is 0 Å². The quantitative estimate of drug-likeness (QED) is 0.600. The highest BCUT2D eigenvalue weighted by atomic mass is 14.6. The molecule has 0 aromatic carbocycles. The molecule has 1 nitrogen and oxygen atoms in total. The first-order valence-electron chi connectivity index (χ1n) is 4.05. The highest BCUT2D eigenvalue weighted by Crippen LogP contribution is 2.11. The molecule has 0 bridgehead atoms. The second-order valence-electron chi connectivity index (χ2n) is 2.83. The van der Waals surface area contributed by atoms with Crippen molar-refractivity contribution >= 4 is 0 Å². The Morgan fingerprint density at radius 1 is 1.30 bits per heavy atom. The first kappa shape index (κ1) is 9.70. The van der Waals surface area contributed by atoms with Gasteiger partial charge in [0.05, 0.1) is 0 Å². The van der Waals surface area contributed by atoms with Crippen LogP contribution in [-0.2, 0) is 0 Å². The summed E-state index contributed by atoms with van der Waals surface area (Å²) in [6, 6.07) is 0.278. The predicted octanol–water partition coefficient (Wildman–Crippen LogP) is 2.47. The van der Waals surface area contributed by atoms with Gasteiger partial charge in [-0.25, -0.2) is 0 Å². The minimum Gasteiger partial charge on any atom is -0.324 e. The van der Waals surface area contributed by atoms with Crippen LogP contribution < -0.4 is 5.73 Å². The molecule has 0 heterocycles. The largest absolute Gasteiger partial charge is 0.324 e. The monoisotopic (exact) mass is 141 g/mol. The Morgan fingerprint density at radius 2 is 1.80 bits per heavy atom. The smallest absolute Gasteiger partial charge is 0.0250 e. The summed E-state index contributed by atoms with van der Waals surface area (Å²) in [5, 5.41) is 0. The summed E-state index contributed by atoms with van der Waals surface area (Å²) < 4.78 is 0. The molecule has 0 fully saturated rings. The van der Waals surface area contributed by atoms with E-state index in [0.717, 1.165) is 12.8 Å². The van der Waals surface area contributed by atoms with E-state index in [-0.39, 0.29) is 6.04 Å². The molecule has 0 aliphatic carbocycles. The molecule has 0 amide bonds. The van der Waals surface area contributed by atoms with Crippen molar-refractivity contribution in [3.05, 3.63) is 11.1 Å². The molecule has 0 spiro atoms. The Bertz CT molecular complexity index is 125. The van der Waals surface area contributed by atoms with Crippen molar-refractivity contribution in [2.24, 2.45) is 5.73 Å². The molecule has 1 heteroatoms. The molecule has 2 N–H and O–H groups in total. The average molecular weight is 141 g/mol. The van der Waals surface area contributed by atoms with E-state index >= 15 is 0 Å². The molecule has 1 unspecified atom stereocenters. The maximum atomic E-state index is 5.84. The first-order chi connectivity index (χ1) is 4.63. The van der Waals surface area contributed by atoms with Crippen LogP contribution >= 0.6 is 0 Å². The summed E-state index contributed by atoms with van der Waals surface area (Å²) in [4.78, 5) is 0. The number of nitrogens with two attached hydrogens (primary N) is 1. The molecule has 1 atom stereocenters. The summed E-state index contributed by atoms with van der Waals surface area (Å²) in [6.07, 6.45) is 2.17. The lowest BCUT2D eigenvalue weighted by Gasteiger charge is -2.12. The van der Waals surface area contributed by atoms with Gasteiger partial charge < -0.3 is 5.73 Å². The Balaban J connectivity index is 4.15. The summed E-state index contributed by atoms with van der Waals surface area (Å²) in [5.41, 5.74) is 8.64. The third-order valence-electron chi connectivity index (χ3n) is 2.20. The molecule has 10 heavy (non-hydrogen) atoms. The Hall–Kier alpha value is -0.300. The molecular formula is C9H19N. The predicted molar refractivity (Wildman–Crippen MR) is 46.9 cm³/mol. The summed E-state index contributed by atoms with van der Waals surface area (Å²) >= 11 is 0. The van der Waals surface area contributed by atoms with E-state index in [4.69, 9.17) is 5.73 Å². The van der Waals surface area contributed by atoms with Crippen LogP contribution in [0.5, 0.6) is 0 Å². The Kier molecular flexibility index (Phi) is 4.37. The second-order valence-corrected chi connectivity index (χ2v) is 2.83. The van der Waals surface area contributed by atoms with Gasteiger partial charge in [0.15, 0.2) is 0 Å². The molecule has 0 rings (SSSR count). The summed E-state index contributed by atoms with van der Waals surface area (Å²) in [7, 11) is 0. The van der Waals surface area contributed by atoms with Gasteiger partial charge in [-0.1, -0.05) is 25.0 Å². The van der Waals surface area contributed by atoms with Crippen LogP contribution in [0.4, 0.5) is 0 Å². The summed E-state index contributed by atoms with van der Waals surface area (Å²) in [6.45, 7) is 8.58. The van der Waals surface area contributed by atoms with Crippen molar-refractivity contribution in [2.75, 3.05) is 0 Å². The fourth-order valence-corrected chi connectivity index (χ4v) is 0.902. The highest BCUT2D eigenvalue weighted by Gasteiger charge is 2.02. The van der Waals surface area contributed by atoms with Gasteiger partial charge in [-0.05, 0) is 26.7 Å². The normalized spacial score (nSPS) is 16.5. The Labute approximate surface area is 64.3 Å². The van der Waals surface area contributed by atoms with Gasteiger partial charge in [0.1, 0.15) is 0 Å². The van der Waals surface area contributed by atoms with Crippen molar-refractivity contribution in [1.82, 2.24) is 0 Å². The second kappa shape index (κ2) is 4.51. The van der Waals surface area contributed by atoms with Crippen molar-refractivity contribution in [3.63, 3.8) is 0 Å². The third kappa shape index (κ3) is 2.53. The number of hydrogen-bond donors (Lipinski definition) is 1. The highest BCUT2D eigenvalue weighted by molar-refractivity contribution is 5.14. The van der Waals surface area contributed by atoms with Crippen LogP contribution in [0.3, 0.4) is 0 Å².